The Morgan fingerprint density at radius 3 is 2.76 bits per heavy atom. The SMILES string of the molecule is CC(N)CNc1ccc(C2CCOCC2)nn1. The van der Waals surface area contributed by atoms with Crippen LogP contribution in [0, 0.1) is 0 Å². The van der Waals surface area contributed by atoms with Gasteiger partial charge in [0, 0.05) is 31.7 Å². The second kappa shape index (κ2) is 5.93. The number of rotatable bonds is 4. The van der Waals surface area contributed by atoms with Gasteiger partial charge in [0.05, 0.1) is 5.69 Å². The van der Waals surface area contributed by atoms with Crippen LogP contribution in [0.25, 0.3) is 0 Å². The van der Waals surface area contributed by atoms with Crippen LogP contribution in [0.3, 0.4) is 0 Å². The van der Waals surface area contributed by atoms with Gasteiger partial charge in [-0.05, 0) is 31.9 Å². The van der Waals surface area contributed by atoms with Crippen LogP contribution in [0.2, 0.25) is 0 Å². The highest BCUT2D eigenvalue weighted by atomic mass is 16.5. The van der Waals surface area contributed by atoms with E-state index in [1.165, 1.54) is 0 Å². The first-order valence-corrected chi connectivity index (χ1v) is 6.16. The third kappa shape index (κ3) is 3.64. The number of nitrogens with zero attached hydrogens (tertiary/aromatic N) is 2. The molecule has 1 aliphatic rings. The number of anilines is 1. The molecule has 0 spiro atoms. The van der Waals surface area contributed by atoms with Gasteiger partial charge in [-0.3, -0.25) is 0 Å². The van der Waals surface area contributed by atoms with Crippen LogP contribution in [0.15, 0.2) is 12.1 Å². The molecular weight excluding hydrogens is 216 g/mol. The van der Waals surface area contributed by atoms with Gasteiger partial charge in [-0.15, -0.1) is 5.10 Å². The summed E-state index contributed by atoms with van der Waals surface area (Å²) >= 11 is 0. The minimum absolute atomic E-state index is 0.118. The Hall–Kier alpha value is -1.20. The first-order chi connectivity index (χ1) is 8.25. The molecule has 0 radical (unpaired) electrons. The maximum Gasteiger partial charge on any atom is 0.148 e. The Labute approximate surface area is 102 Å². The summed E-state index contributed by atoms with van der Waals surface area (Å²) < 4.78 is 5.34. The standard InChI is InChI=1S/C12H20N4O/c1-9(13)8-14-12-3-2-11(15-16-12)10-4-6-17-7-5-10/h2-3,9-10H,4-8,13H2,1H3,(H,14,16). The van der Waals surface area contributed by atoms with Gasteiger partial charge >= 0.3 is 0 Å². The highest BCUT2D eigenvalue weighted by Gasteiger charge is 2.17. The second-order valence-electron chi connectivity index (χ2n) is 4.59. The fraction of sp³-hybridized carbons (Fsp3) is 0.667. The van der Waals surface area contributed by atoms with Crippen LogP contribution >= 0.6 is 0 Å². The Kier molecular flexibility index (Phi) is 4.28. The molecule has 1 saturated heterocycles. The van der Waals surface area contributed by atoms with Crippen LogP contribution < -0.4 is 11.1 Å². The van der Waals surface area contributed by atoms with Crippen LogP contribution in [0.5, 0.6) is 0 Å². The molecule has 2 rings (SSSR count). The molecule has 1 aromatic rings. The van der Waals surface area contributed by atoms with Gasteiger partial charge in [-0.2, -0.15) is 5.10 Å². The average molecular weight is 236 g/mol. The van der Waals surface area contributed by atoms with Crippen molar-refractivity contribution in [2.75, 3.05) is 25.1 Å². The molecule has 0 amide bonds. The third-order valence-electron chi connectivity index (χ3n) is 2.93. The van der Waals surface area contributed by atoms with Gasteiger partial charge in [0.2, 0.25) is 0 Å². The zero-order valence-corrected chi connectivity index (χ0v) is 10.2. The fourth-order valence-electron chi connectivity index (χ4n) is 1.91. The maximum absolute atomic E-state index is 5.66. The molecule has 1 unspecified atom stereocenters. The van der Waals surface area contributed by atoms with E-state index in [9.17, 15) is 0 Å². The molecule has 3 N–H and O–H groups in total. The minimum Gasteiger partial charge on any atom is -0.381 e. The van der Waals surface area contributed by atoms with Crippen LogP contribution in [-0.4, -0.2) is 36.0 Å². The van der Waals surface area contributed by atoms with E-state index in [0.29, 0.717) is 12.5 Å². The van der Waals surface area contributed by atoms with Crippen molar-refractivity contribution in [3.8, 4) is 0 Å². The Morgan fingerprint density at radius 2 is 2.18 bits per heavy atom. The van der Waals surface area contributed by atoms with E-state index in [0.717, 1.165) is 37.6 Å². The van der Waals surface area contributed by atoms with Crippen LogP contribution in [0.1, 0.15) is 31.4 Å². The van der Waals surface area contributed by atoms with E-state index in [1.807, 2.05) is 19.1 Å². The largest absolute Gasteiger partial charge is 0.381 e. The van der Waals surface area contributed by atoms with E-state index < -0.39 is 0 Å². The van der Waals surface area contributed by atoms with E-state index in [4.69, 9.17) is 10.5 Å². The highest BCUT2D eigenvalue weighted by molar-refractivity contribution is 5.33. The molecular formula is C12H20N4O. The molecule has 17 heavy (non-hydrogen) atoms. The average Bonchev–Trinajstić information content (AvgIpc) is 2.38. The molecule has 1 aliphatic heterocycles. The Balaban J connectivity index is 1.92. The number of nitrogens with one attached hydrogen (secondary N) is 1. The van der Waals surface area contributed by atoms with Gasteiger partial charge in [-0.25, -0.2) is 0 Å². The van der Waals surface area contributed by atoms with E-state index in [1.54, 1.807) is 0 Å². The topological polar surface area (TPSA) is 73.1 Å². The van der Waals surface area contributed by atoms with Crippen molar-refractivity contribution >= 4 is 5.82 Å². The summed E-state index contributed by atoms with van der Waals surface area (Å²) in [6, 6.07) is 4.14. The highest BCUT2D eigenvalue weighted by Crippen LogP contribution is 2.24. The van der Waals surface area contributed by atoms with Crippen molar-refractivity contribution in [3.63, 3.8) is 0 Å². The summed E-state index contributed by atoms with van der Waals surface area (Å²) in [5.74, 6) is 1.29. The van der Waals surface area contributed by atoms with Crippen LogP contribution in [0.4, 0.5) is 5.82 Å². The molecule has 1 atom stereocenters. The minimum atomic E-state index is 0.118. The van der Waals surface area contributed by atoms with E-state index >= 15 is 0 Å². The first kappa shape index (κ1) is 12.3. The zero-order chi connectivity index (χ0) is 12.1. The summed E-state index contributed by atoms with van der Waals surface area (Å²) in [5, 5.41) is 11.6. The zero-order valence-electron chi connectivity index (χ0n) is 10.2. The van der Waals surface area contributed by atoms with Gasteiger partial charge in [0.25, 0.3) is 0 Å². The molecule has 5 heteroatoms. The van der Waals surface area contributed by atoms with Crippen molar-refractivity contribution in [2.45, 2.75) is 31.7 Å². The van der Waals surface area contributed by atoms with Gasteiger partial charge in [0.15, 0.2) is 0 Å². The van der Waals surface area contributed by atoms with Crippen molar-refractivity contribution < 1.29 is 4.74 Å². The lowest BCUT2D eigenvalue weighted by Crippen LogP contribution is -2.25. The summed E-state index contributed by atoms with van der Waals surface area (Å²) in [4.78, 5) is 0. The normalized spacial score (nSPS) is 18.9. The first-order valence-electron chi connectivity index (χ1n) is 6.16. The van der Waals surface area contributed by atoms with Crippen LogP contribution in [-0.2, 0) is 4.74 Å². The van der Waals surface area contributed by atoms with Crippen molar-refractivity contribution in [2.24, 2.45) is 5.73 Å². The number of aromatic nitrogens is 2. The maximum atomic E-state index is 5.66. The van der Waals surface area contributed by atoms with Crippen molar-refractivity contribution in [3.05, 3.63) is 17.8 Å². The molecule has 94 valence electrons. The second-order valence-corrected chi connectivity index (χ2v) is 4.59. The Bertz CT molecular complexity index is 333. The number of hydrogen-bond acceptors (Lipinski definition) is 5. The molecule has 0 bridgehead atoms. The summed E-state index contributed by atoms with van der Waals surface area (Å²) in [6.07, 6.45) is 2.09. The monoisotopic (exact) mass is 236 g/mol. The lowest BCUT2D eigenvalue weighted by Gasteiger charge is -2.21. The summed E-state index contributed by atoms with van der Waals surface area (Å²) in [5.41, 5.74) is 6.73. The number of hydrogen-bond donors (Lipinski definition) is 2. The lowest BCUT2D eigenvalue weighted by molar-refractivity contribution is 0.0843. The number of ether oxygens (including phenoxy) is 1. The molecule has 2 heterocycles. The van der Waals surface area contributed by atoms with Gasteiger partial charge < -0.3 is 15.8 Å². The molecule has 0 aliphatic carbocycles. The molecule has 0 saturated carbocycles. The van der Waals surface area contributed by atoms with E-state index in [-0.39, 0.29) is 6.04 Å². The van der Waals surface area contributed by atoms with Crippen molar-refractivity contribution in [1.29, 1.82) is 0 Å². The molecule has 1 fully saturated rings. The van der Waals surface area contributed by atoms with Gasteiger partial charge in [-0.1, -0.05) is 0 Å². The predicted molar refractivity (Wildman–Crippen MR) is 67.0 cm³/mol. The van der Waals surface area contributed by atoms with Gasteiger partial charge in [0.1, 0.15) is 5.82 Å². The Morgan fingerprint density at radius 1 is 1.41 bits per heavy atom. The van der Waals surface area contributed by atoms with E-state index in [2.05, 4.69) is 15.5 Å². The predicted octanol–water partition coefficient (Wildman–Crippen LogP) is 1.13. The molecule has 0 aromatic carbocycles. The summed E-state index contributed by atoms with van der Waals surface area (Å²) in [6.45, 7) is 4.33. The number of nitrogens with two attached hydrogens (primary N) is 1. The molecule has 1 aromatic heterocycles. The molecule has 5 nitrogen and oxygen atoms in total. The van der Waals surface area contributed by atoms with Crippen molar-refractivity contribution in [1.82, 2.24) is 10.2 Å². The third-order valence-corrected chi connectivity index (χ3v) is 2.93. The smallest absolute Gasteiger partial charge is 0.148 e. The quantitative estimate of drug-likeness (QED) is 0.820. The summed E-state index contributed by atoms with van der Waals surface area (Å²) in [7, 11) is 0. The lowest BCUT2D eigenvalue weighted by atomic mass is 9.96. The fourth-order valence-corrected chi connectivity index (χ4v) is 1.91.